The molecule has 2 heterocycles. The maximum absolute atomic E-state index is 13.6. The summed E-state index contributed by atoms with van der Waals surface area (Å²) in [6, 6.07) is 17.9. The highest BCUT2D eigenvalue weighted by atomic mass is 16.2. The predicted octanol–water partition coefficient (Wildman–Crippen LogP) is 3.52. The van der Waals surface area contributed by atoms with Gasteiger partial charge in [0.05, 0.1) is 0 Å². The van der Waals surface area contributed by atoms with Gasteiger partial charge in [-0.05, 0) is 48.1 Å². The lowest BCUT2D eigenvalue weighted by atomic mass is 9.83. The van der Waals surface area contributed by atoms with Gasteiger partial charge in [-0.15, -0.1) is 0 Å². The minimum Gasteiger partial charge on any atom is -0.344 e. The van der Waals surface area contributed by atoms with Gasteiger partial charge < -0.3 is 20.9 Å². The Morgan fingerprint density at radius 2 is 1.55 bits per heavy atom. The van der Waals surface area contributed by atoms with Gasteiger partial charge in [-0.2, -0.15) is 5.10 Å². The number of carbonyl (C=O) groups is 4. The molecule has 11 nitrogen and oxygen atoms in total. The van der Waals surface area contributed by atoms with Crippen LogP contribution >= 0.6 is 0 Å². The topological polar surface area (TPSA) is 129 Å². The number of aromatic nitrogens is 2. The van der Waals surface area contributed by atoms with E-state index in [4.69, 9.17) is 0 Å². The molecule has 1 aliphatic carbocycles. The van der Waals surface area contributed by atoms with Crippen molar-refractivity contribution in [2.24, 2.45) is 13.0 Å². The molecule has 250 valence electrons. The van der Waals surface area contributed by atoms with Gasteiger partial charge in [0.2, 0.25) is 17.7 Å². The standard InChI is InChI=1S/C36H47N7O4/c1-3-32(44)39-30(36(47)43-22-20-42(21-23-43)25-27-10-6-4-7-11-27)24-26-14-16-29(17-15-26)38-35(46)33(28-12-8-5-9-13-28)40-34(45)31-18-19-37-41(31)2/h4,6-7,10-11,14-19,28,30,33H,3,5,8-9,12-13,20-25H2,1-2H3,(H,38,46)(H,39,44)(H,40,45). The molecular weight excluding hydrogens is 594 g/mol. The third-order valence-corrected chi connectivity index (χ3v) is 9.29. The minimum absolute atomic E-state index is 0.0503. The molecule has 1 saturated carbocycles. The molecule has 2 aliphatic rings. The first-order chi connectivity index (χ1) is 22.8. The van der Waals surface area contributed by atoms with Gasteiger partial charge in [-0.3, -0.25) is 28.8 Å². The molecule has 2 atom stereocenters. The predicted molar refractivity (Wildman–Crippen MR) is 180 cm³/mol. The molecule has 3 N–H and O–H groups in total. The molecule has 2 unspecified atom stereocenters. The van der Waals surface area contributed by atoms with E-state index >= 15 is 0 Å². The lowest BCUT2D eigenvalue weighted by Crippen LogP contribution is -2.55. The zero-order chi connectivity index (χ0) is 33.2. The summed E-state index contributed by atoms with van der Waals surface area (Å²) < 4.78 is 1.50. The first-order valence-corrected chi connectivity index (χ1v) is 16.8. The number of anilines is 1. The van der Waals surface area contributed by atoms with Gasteiger partial charge in [-0.25, -0.2) is 0 Å². The second kappa shape index (κ2) is 16.4. The zero-order valence-corrected chi connectivity index (χ0v) is 27.5. The Kier molecular flexibility index (Phi) is 11.8. The second-order valence-electron chi connectivity index (χ2n) is 12.6. The van der Waals surface area contributed by atoms with Gasteiger partial charge in [0.15, 0.2) is 0 Å². The normalized spacial score (nSPS) is 17.0. The molecule has 0 bridgehead atoms. The van der Waals surface area contributed by atoms with Crippen LogP contribution in [-0.4, -0.2) is 81.5 Å². The van der Waals surface area contributed by atoms with Gasteiger partial charge >= 0.3 is 0 Å². The summed E-state index contributed by atoms with van der Waals surface area (Å²) in [6.07, 6.45) is 7.14. The second-order valence-corrected chi connectivity index (χ2v) is 12.6. The number of carbonyl (C=O) groups excluding carboxylic acids is 4. The van der Waals surface area contributed by atoms with Crippen molar-refractivity contribution in [3.8, 4) is 0 Å². The highest BCUT2D eigenvalue weighted by molar-refractivity contribution is 6.00. The van der Waals surface area contributed by atoms with Crippen LogP contribution in [0.1, 0.15) is 67.1 Å². The molecule has 0 spiro atoms. The van der Waals surface area contributed by atoms with Crippen LogP contribution in [0.5, 0.6) is 0 Å². The Balaban J connectivity index is 1.20. The number of rotatable bonds is 12. The summed E-state index contributed by atoms with van der Waals surface area (Å²) in [4.78, 5) is 56.8. The van der Waals surface area contributed by atoms with Crippen molar-refractivity contribution in [2.45, 2.75) is 70.5 Å². The maximum Gasteiger partial charge on any atom is 0.270 e. The average molecular weight is 642 g/mol. The fraction of sp³-hybridized carbons (Fsp3) is 0.472. The van der Waals surface area contributed by atoms with E-state index in [-0.39, 0.29) is 29.5 Å². The fourth-order valence-electron chi connectivity index (χ4n) is 6.54. The molecule has 3 aromatic rings. The van der Waals surface area contributed by atoms with Crippen LogP contribution in [0.15, 0.2) is 66.9 Å². The van der Waals surface area contributed by atoms with Crippen molar-refractivity contribution >= 4 is 29.3 Å². The van der Waals surface area contributed by atoms with Crippen molar-refractivity contribution < 1.29 is 19.2 Å². The lowest BCUT2D eigenvalue weighted by Gasteiger charge is -2.36. The molecule has 0 radical (unpaired) electrons. The van der Waals surface area contributed by atoms with Crippen LogP contribution in [-0.2, 0) is 34.4 Å². The molecule has 47 heavy (non-hydrogen) atoms. The number of amides is 4. The monoisotopic (exact) mass is 641 g/mol. The molecule has 1 saturated heterocycles. The van der Waals surface area contributed by atoms with Crippen molar-refractivity contribution in [1.82, 2.24) is 30.2 Å². The maximum atomic E-state index is 13.6. The van der Waals surface area contributed by atoms with Crippen LogP contribution < -0.4 is 16.0 Å². The summed E-state index contributed by atoms with van der Waals surface area (Å²) in [5, 5.41) is 13.0. The van der Waals surface area contributed by atoms with Gasteiger partial charge in [0.1, 0.15) is 17.8 Å². The van der Waals surface area contributed by atoms with Crippen molar-refractivity contribution in [1.29, 1.82) is 0 Å². The Bertz CT molecular complexity index is 1490. The highest BCUT2D eigenvalue weighted by Gasteiger charge is 2.32. The fourth-order valence-corrected chi connectivity index (χ4v) is 6.54. The van der Waals surface area contributed by atoms with Gasteiger partial charge in [-0.1, -0.05) is 68.7 Å². The quantitative estimate of drug-likeness (QED) is 0.278. The lowest BCUT2D eigenvalue weighted by molar-refractivity contribution is -0.138. The average Bonchev–Trinajstić information content (AvgIpc) is 3.54. The third-order valence-electron chi connectivity index (χ3n) is 9.29. The van der Waals surface area contributed by atoms with E-state index in [1.807, 2.05) is 35.2 Å². The number of benzene rings is 2. The Labute approximate surface area is 277 Å². The summed E-state index contributed by atoms with van der Waals surface area (Å²) in [6.45, 7) is 5.38. The summed E-state index contributed by atoms with van der Waals surface area (Å²) in [7, 11) is 1.70. The first kappa shape index (κ1) is 33.8. The van der Waals surface area contributed by atoms with Crippen molar-refractivity contribution in [2.75, 3.05) is 31.5 Å². The number of aryl methyl sites for hydroxylation is 1. The van der Waals surface area contributed by atoms with Crippen LogP contribution in [0, 0.1) is 5.92 Å². The van der Waals surface area contributed by atoms with Crippen molar-refractivity contribution in [3.63, 3.8) is 0 Å². The van der Waals surface area contributed by atoms with E-state index in [9.17, 15) is 19.2 Å². The first-order valence-electron chi connectivity index (χ1n) is 16.8. The molecule has 2 aromatic carbocycles. The van der Waals surface area contributed by atoms with E-state index in [1.54, 1.807) is 38.4 Å². The Morgan fingerprint density at radius 3 is 2.19 bits per heavy atom. The van der Waals surface area contributed by atoms with Crippen molar-refractivity contribution in [3.05, 3.63) is 83.7 Å². The zero-order valence-electron chi connectivity index (χ0n) is 27.5. The smallest absolute Gasteiger partial charge is 0.270 e. The van der Waals surface area contributed by atoms with Crippen LogP contribution in [0.3, 0.4) is 0 Å². The van der Waals surface area contributed by atoms with E-state index in [0.717, 1.165) is 57.3 Å². The molecule has 4 amide bonds. The molecule has 5 rings (SSSR count). The summed E-state index contributed by atoms with van der Waals surface area (Å²) in [5.41, 5.74) is 3.12. The summed E-state index contributed by atoms with van der Waals surface area (Å²) in [5.74, 6) is -0.780. The number of hydrogen-bond donors (Lipinski definition) is 3. The number of nitrogens with zero attached hydrogens (tertiary/aromatic N) is 4. The largest absolute Gasteiger partial charge is 0.344 e. The molecule has 1 aromatic heterocycles. The van der Waals surface area contributed by atoms with Crippen LogP contribution in [0.2, 0.25) is 0 Å². The van der Waals surface area contributed by atoms with Gasteiger partial charge in [0, 0.05) is 64.5 Å². The molecule has 2 fully saturated rings. The third kappa shape index (κ3) is 9.28. The summed E-state index contributed by atoms with van der Waals surface area (Å²) >= 11 is 0. The Hall–Kier alpha value is -4.51. The SMILES string of the molecule is CCC(=O)NC(Cc1ccc(NC(=O)C(NC(=O)c2ccnn2C)C2CCCCC2)cc1)C(=O)N1CCN(Cc2ccccc2)CC1. The number of nitrogens with one attached hydrogen (secondary N) is 3. The molecule has 1 aliphatic heterocycles. The highest BCUT2D eigenvalue weighted by Crippen LogP contribution is 2.27. The molecule has 11 heteroatoms. The molecular formula is C36H47N7O4. The van der Waals surface area contributed by atoms with Gasteiger partial charge in [0.25, 0.3) is 5.91 Å². The van der Waals surface area contributed by atoms with Crippen LogP contribution in [0.4, 0.5) is 5.69 Å². The number of piperazine rings is 1. The van der Waals surface area contributed by atoms with Crippen LogP contribution in [0.25, 0.3) is 0 Å². The van der Waals surface area contributed by atoms with E-state index in [0.29, 0.717) is 37.3 Å². The van der Waals surface area contributed by atoms with E-state index in [1.165, 1.54) is 10.2 Å². The van der Waals surface area contributed by atoms with E-state index < -0.39 is 12.1 Å². The minimum atomic E-state index is -0.679. The number of hydrogen-bond acceptors (Lipinski definition) is 6. The Morgan fingerprint density at radius 1 is 0.851 bits per heavy atom. The van der Waals surface area contributed by atoms with E-state index in [2.05, 4.69) is 38.1 Å².